The van der Waals surface area contributed by atoms with E-state index in [1.165, 1.54) is 6.07 Å². The lowest BCUT2D eigenvalue weighted by atomic mass is 10.0. The molecule has 2 rings (SSSR count). The molecule has 6 heteroatoms. The molecule has 0 unspecified atom stereocenters. The summed E-state index contributed by atoms with van der Waals surface area (Å²) in [5.74, 6) is -1.95. The number of nitrogens with two attached hydrogens (primary N) is 1. The molecule has 1 amide bonds. The maximum absolute atomic E-state index is 13.7. The molecule has 0 aliphatic carbocycles. The summed E-state index contributed by atoms with van der Waals surface area (Å²) in [7, 11) is 0. The topological polar surface area (TPSA) is 55.6 Å². The van der Waals surface area contributed by atoms with Crippen molar-refractivity contribution in [3.05, 3.63) is 29.8 Å². The molecule has 0 spiro atoms. The van der Waals surface area contributed by atoms with E-state index in [1.807, 2.05) is 13.8 Å². The van der Waals surface area contributed by atoms with Crippen LogP contribution in [0.3, 0.4) is 0 Å². The van der Waals surface area contributed by atoms with Gasteiger partial charge in [0.1, 0.15) is 5.82 Å². The number of nitrogens with zero attached hydrogens (tertiary/aromatic N) is 1. The second kappa shape index (κ2) is 7.05. The van der Waals surface area contributed by atoms with Gasteiger partial charge in [-0.1, -0.05) is 13.8 Å². The van der Waals surface area contributed by atoms with Crippen LogP contribution in [-0.4, -0.2) is 36.0 Å². The third-order valence-corrected chi connectivity index (χ3v) is 3.77. The summed E-state index contributed by atoms with van der Waals surface area (Å²) < 4.78 is 32.2. The van der Waals surface area contributed by atoms with Crippen molar-refractivity contribution in [2.45, 2.75) is 38.8 Å². The zero-order chi connectivity index (χ0) is 16.3. The van der Waals surface area contributed by atoms with Gasteiger partial charge in [0.2, 0.25) is 0 Å². The van der Waals surface area contributed by atoms with Crippen molar-refractivity contribution in [2.24, 2.45) is 11.7 Å². The minimum atomic E-state index is -0.815. The molecule has 0 bridgehead atoms. The molecule has 1 fully saturated rings. The van der Waals surface area contributed by atoms with Crippen molar-refractivity contribution in [3.8, 4) is 5.75 Å². The fraction of sp³-hybridized carbons (Fsp3) is 0.562. The monoisotopic (exact) mass is 312 g/mol. The summed E-state index contributed by atoms with van der Waals surface area (Å²) in [6, 6.07) is 3.02. The van der Waals surface area contributed by atoms with Gasteiger partial charge in [0.15, 0.2) is 17.7 Å². The number of ether oxygens (including phenoxy) is 1. The van der Waals surface area contributed by atoms with Crippen LogP contribution in [0.2, 0.25) is 0 Å². The Labute approximate surface area is 129 Å². The van der Waals surface area contributed by atoms with Crippen LogP contribution in [0.1, 0.15) is 26.7 Å². The first-order valence-corrected chi connectivity index (χ1v) is 7.54. The zero-order valence-corrected chi connectivity index (χ0v) is 12.9. The normalized spacial score (nSPS) is 20.1. The summed E-state index contributed by atoms with van der Waals surface area (Å²) in [6.45, 7) is 4.77. The number of likely N-dealkylation sites (tertiary alicyclic amines) is 1. The highest BCUT2D eigenvalue weighted by Gasteiger charge is 2.32. The van der Waals surface area contributed by atoms with Crippen LogP contribution in [0.15, 0.2) is 18.2 Å². The third-order valence-electron chi connectivity index (χ3n) is 3.77. The van der Waals surface area contributed by atoms with Gasteiger partial charge >= 0.3 is 0 Å². The van der Waals surface area contributed by atoms with Gasteiger partial charge in [0, 0.05) is 25.2 Å². The quantitative estimate of drug-likeness (QED) is 0.928. The Morgan fingerprint density at radius 1 is 1.41 bits per heavy atom. The minimum absolute atomic E-state index is 0.0342. The van der Waals surface area contributed by atoms with Crippen LogP contribution in [0, 0.1) is 17.6 Å². The Hall–Kier alpha value is -1.69. The van der Waals surface area contributed by atoms with E-state index in [0.29, 0.717) is 13.1 Å². The third kappa shape index (κ3) is 3.94. The number of halogens is 2. The Morgan fingerprint density at radius 2 is 2.14 bits per heavy atom. The van der Waals surface area contributed by atoms with Crippen molar-refractivity contribution < 1.29 is 18.3 Å². The first-order valence-electron chi connectivity index (χ1n) is 7.54. The molecule has 1 aliphatic rings. The van der Waals surface area contributed by atoms with E-state index in [0.717, 1.165) is 25.0 Å². The lowest BCUT2D eigenvalue weighted by Crippen LogP contribution is -2.51. The number of benzene rings is 1. The summed E-state index contributed by atoms with van der Waals surface area (Å²) in [5.41, 5.74) is 5.90. The lowest BCUT2D eigenvalue weighted by molar-refractivity contribution is -0.142. The highest BCUT2D eigenvalue weighted by molar-refractivity contribution is 5.81. The number of carbonyl (C=O) groups is 1. The molecular weight excluding hydrogens is 290 g/mol. The predicted molar refractivity (Wildman–Crippen MR) is 79.4 cm³/mol. The number of amides is 1. The second-order valence-electron chi connectivity index (χ2n) is 6.04. The van der Waals surface area contributed by atoms with Gasteiger partial charge in [-0.15, -0.1) is 0 Å². The van der Waals surface area contributed by atoms with Crippen LogP contribution in [0.5, 0.6) is 5.75 Å². The summed E-state index contributed by atoms with van der Waals surface area (Å²) in [6.07, 6.45) is 0.928. The van der Waals surface area contributed by atoms with Gasteiger partial charge in [-0.3, -0.25) is 4.79 Å². The SMILES string of the molecule is CC(C)[C@@H](Oc1ccc(F)cc1F)C(=O)N1CCC[C@@H](N)C1. The van der Waals surface area contributed by atoms with Gasteiger partial charge in [0.25, 0.3) is 5.91 Å². The van der Waals surface area contributed by atoms with E-state index in [2.05, 4.69) is 0 Å². The van der Waals surface area contributed by atoms with E-state index in [9.17, 15) is 13.6 Å². The van der Waals surface area contributed by atoms with Crippen LogP contribution in [0.25, 0.3) is 0 Å². The van der Waals surface area contributed by atoms with E-state index in [1.54, 1.807) is 4.90 Å². The molecular formula is C16H22F2N2O2. The van der Waals surface area contributed by atoms with Crippen LogP contribution in [0.4, 0.5) is 8.78 Å². The second-order valence-corrected chi connectivity index (χ2v) is 6.04. The highest BCUT2D eigenvalue weighted by Crippen LogP contribution is 2.23. The van der Waals surface area contributed by atoms with Crippen molar-refractivity contribution in [3.63, 3.8) is 0 Å². The largest absolute Gasteiger partial charge is 0.477 e. The number of piperidine rings is 1. The average molecular weight is 312 g/mol. The fourth-order valence-corrected chi connectivity index (χ4v) is 2.57. The van der Waals surface area contributed by atoms with Gasteiger partial charge in [0.05, 0.1) is 0 Å². The predicted octanol–water partition coefficient (Wildman–Crippen LogP) is 2.32. The van der Waals surface area contributed by atoms with Crippen molar-refractivity contribution in [2.75, 3.05) is 13.1 Å². The summed E-state index contributed by atoms with van der Waals surface area (Å²) in [5, 5.41) is 0. The van der Waals surface area contributed by atoms with Crippen molar-refractivity contribution in [1.29, 1.82) is 0 Å². The fourth-order valence-electron chi connectivity index (χ4n) is 2.57. The van der Waals surface area contributed by atoms with E-state index in [-0.39, 0.29) is 23.6 Å². The first-order chi connectivity index (χ1) is 10.4. The van der Waals surface area contributed by atoms with Gasteiger partial charge in [-0.2, -0.15) is 0 Å². The van der Waals surface area contributed by atoms with E-state index >= 15 is 0 Å². The van der Waals surface area contributed by atoms with E-state index < -0.39 is 17.7 Å². The van der Waals surface area contributed by atoms with Crippen LogP contribution < -0.4 is 10.5 Å². The molecule has 1 aromatic rings. The molecule has 2 atom stereocenters. The number of hydrogen-bond donors (Lipinski definition) is 1. The molecule has 4 nitrogen and oxygen atoms in total. The Morgan fingerprint density at radius 3 is 2.73 bits per heavy atom. The van der Waals surface area contributed by atoms with Gasteiger partial charge in [-0.05, 0) is 30.9 Å². The van der Waals surface area contributed by atoms with Crippen molar-refractivity contribution in [1.82, 2.24) is 4.90 Å². The van der Waals surface area contributed by atoms with Gasteiger partial charge in [-0.25, -0.2) is 8.78 Å². The summed E-state index contributed by atoms with van der Waals surface area (Å²) in [4.78, 5) is 14.3. The number of rotatable bonds is 4. The molecule has 1 heterocycles. The smallest absolute Gasteiger partial charge is 0.263 e. The molecule has 2 N–H and O–H groups in total. The number of hydrogen-bond acceptors (Lipinski definition) is 3. The molecule has 0 radical (unpaired) electrons. The van der Waals surface area contributed by atoms with Crippen LogP contribution in [-0.2, 0) is 4.79 Å². The van der Waals surface area contributed by atoms with E-state index in [4.69, 9.17) is 10.5 Å². The van der Waals surface area contributed by atoms with Gasteiger partial charge < -0.3 is 15.4 Å². The zero-order valence-electron chi connectivity index (χ0n) is 12.9. The van der Waals surface area contributed by atoms with Crippen LogP contribution >= 0.6 is 0 Å². The molecule has 0 aromatic heterocycles. The molecule has 1 aliphatic heterocycles. The molecule has 1 aromatic carbocycles. The summed E-state index contributed by atoms with van der Waals surface area (Å²) >= 11 is 0. The Kier molecular flexibility index (Phi) is 5.34. The average Bonchev–Trinajstić information content (AvgIpc) is 2.45. The standard InChI is InChI=1S/C16H22F2N2O2/c1-10(2)15(16(21)20-7-3-4-12(19)9-20)22-14-6-5-11(17)8-13(14)18/h5-6,8,10,12,15H,3-4,7,9,19H2,1-2H3/t12-,15-/m1/s1. The first kappa shape index (κ1) is 16.7. The Bertz CT molecular complexity index is 537. The molecule has 0 saturated carbocycles. The minimum Gasteiger partial charge on any atom is -0.477 e. The molecule has 1 saturated heterocycles. The molecule has 122 valence electrons. The van der Waals surface area contributed by atoms with Crippen molar-refractivity contribution >= 4 is 5.91 Å². The lowest BCUT2D eigenvalue weighted by Gasteiger charge is -2.34. The Balaban J connectivity index is 2.13. The molecule has 22 heavy (non-hydrogen) atoms. The highest BCUT2D eigenvalue weighted by atomic mass is 19.1. The maximum atomic E-state index is 13.7. The maximum Gasteiger partial charge on any atom is 0.263 e. The number of carbonyl (C=O) groups excluding carboxylic acids is 1.